The third-order valence-electron chi connectivity index (χ3n) is 3.57. The largest absolute Gasteiger partial charge is 0.488 e. The molecule has 22 heavy (non-hydrogen) atoms. The number of rotatable bonds is 3. The number of hydrogen-bond donors (Lipinski definition) is 0. The maximum absolute atomic E-state index is 6.00. The van der Waals surface area contributed by atoms with E-state index in [1.807, 2.05) is 59.0 Å². The van der Waals surface area contributed by atoms with Crippen LogP contribution in [0.1, 0.15) is 5.56 Å². The van der Waals surface area contributed by atoms with Crippen LogP contribution >= 0.6 is 11.6 Å². The molecular formula is C17H12ClN3O. The van der Waals surface area contributed by atoms with Crippen LogP contribution < -0.4 is 4.74 Å². The number of fused-ring (bicyclic) bond motifs is 3. The Hall–Kier alpha value is -2.59. The molecule has 0 saturated heterocycles. The Balaban J connectivity index is 1.74. The fourth-order valence-corrected chi connectivity index (χ4v) is 2.60. The van der Waals surface area contributed by atoms with Crippen molar-refractivity contribution in [1.29, 1.82) is 0 Å². The first-order valence-corrected chi connectivity index (χ1v) is 7.28. The van der Waals surface area contributed by atoms with Gasteiger partial charge in [-0.15, -0.1) is 10.2 Å². The van der Waals surface area contributed by atoms with E-state index < -0.39 is 0 Å². The van der Waals surface area contributed by atoms with E-state index in [0.717, 1.165) is 32.9 Å². The third-order valence-corrected chi connectivity index (χ3v) is 3.82. The van der Waals surface area contributed by atoms with Gasteiger partial charge in [-0.05, 0) is 29.8 Å². The summed E-state index contributed by atoms with van der Waals surface area (Å²) in [6.45, 7) is 0.478. The number of benzene rings is 2. The van der Waals surface area contributed by atoms with Crippen molar-refractivity contribution in [2.75, 3.05) is 0 Å². The summed E-state index contributed by atoms with van der Waals surface area (Å²) in [5, 5.41) is 9.83. The minimum atomic E-state index is 0.478. The standard InChI is InChI=1S/C17H12ClN3O/c18-13-7-5-12(6-8-13)10-22-16-9-17-20-19-11-21(17)15-4-2-1-3-14(15)16/h1-9,11H,10H2. The van der Waals surface area contributed by atoms with Gasteiger partial charge in [-0.1, -0.05) is 35.9 Å². The van der Waals surface area contributed by atoms with Gasteiger partial charge in [0.05, 0.1) is 5.52 Å². The smallest absolute Gasteiger partial charge is 0.164 e. The second kappa shape index (κ2) is 5.31. The topological polar surface area (TPSA) is 39.4 Å². The lowest BCUT2D eigenvalue weighted by atomic mass is 10.2. The molecular weight excluding hydrogens is 298 g/mol. The third kappa shape index (κ3) is 2.27. The quantitative estimate of drug-likeness (QED) is 0.571. The molecule has 0 spiro atoms. The van der Waals surface area contributed by atoms with Crippen molar-refractivity contribution in [3.8, 4) is 5.75 Å². The predicted molar refractivity (Wildman–Crippen MR) is 86.3 cm³/mol. The lowest BCUT2D eigenvalue weighted by Crippen LogP contribution is -1.98. The first kappa shape index (κ1) is 13.1. The van der Waals surface area contributed by atoms with Gasteiger partial charge in [-0.25, -0.2) is 0 Å². The van der Waals surface area contributed by atoms with Crippen molar-refractivity contribution >= 4 is 28.2 Å². The molecule has 0 aliphatic carbocycles. The first-order valence-electron chi connectivity index (χ1n) is 6.90. The van der Waals surface area contributed by atoms with E-state index in [4.69, 9.17) is 16.3 Å². The van der Waals surface area contributed by atoms with Gasteiger partial charge in [0, 0.05) is 16.5 Å². The van der Waals surface area contributed by atoms with Gasteiger partial charge >= 0.3 is 0 Å². The van der Waals surface area contributed by atoms with Crippen molar-refractivity contribution in [2.45, 2.75) is 6.61 Å². The van der Waals surface area contributed by atoms with Crippen molar-refractivity contribution in [1.82, 2.24) is 14.6 Å². The summed E-state index contributed by atoms with van der Waals surface area (Å²) < 4.78 is 7.95. The number of para-hydroxylation sites is 1. The highest BCUT2D eigenvalue weighted by molar-refractivity contribution is 6.30. The Morgan fingerprint density at radius 3 is 2.73 bits per heavy atom. The van der Waals surface area contributed by atoms with Gasteiger partial charge in [0.15, 0.2) is 5.65 Å². The molecule has 0 N–H and O–H groups in total. The monoisotopic (exact) mass is 309 g/mol. The van der Waals surface area contributed by atoms with E-state index in [0.29, 0.717) is 6.61 Å². The fourth-order valence-electron chi connectivity index (χ4n) is 2.48. The van der Waals surface area contributed by atoms with E-state index >= 15 is 0 Å². The van der Waals surface area contributed by atoms with Crippen LogP contribution in [0.15, 0.2) is 60.9 Å². The van der Waals surface area contributed by atoms with Crippen LogP contribution in [0.5, 0.6) is 5.75 Å². The molecule has 2 aromatic carbocycles. The van der Waals surface area contributed by atoms with E-state index in [1.165, 1.54) is 0 Å². The molecule has 2 heterocycles. The molecule has 0 fully saturated rings. The molecule has 0 atom stereocenters. The first-order chi connectivity index (χ1) is 10.8. The molecule has 0 bridgehead atoms. The van der Waals surface area contributed by atoms with Gasteiger partial charge in [-0.2, -0.15) is 0 Å². The number of hydrogen-bond acceptors (Lipinski definition) is 3. The van der Waals surface area contributed by atoms with Crippen molar-refractivity contribution in [3.05, 3.63) is 71.5 Å². The van der Waals surface area contributed by atoms with Crippen LogP contribution in [0.3, 0.4) is 0 Å². The molecule has 0 radical (unpaired) electrons. The highest BCUT2D eigenvalue weighted by Crippen LogP contribution is 2.28. The molecule has 4 rings (SSSR count). The number of aromatic nitrogens is 3. The second-order valence-electron chi connectivity index (χ2n) is 5.00. The summed E-state index contributed by atoms with van der Waals surface area (Å²) >= 11 is 5.90. The van der Waals surface area contributed by atoms with Crippen LogP contribution in [-0.2, 0) is 6.61 Å². The fraction of sp³-hybridized carbons (Fsp3) is 0.0588. The zero-order valence-electron chi connectivity index (χ0n) is 11.6. The number of halogens is 1. The minimum absolute atomic E-state index is 0.478. The zero-order valence-corrected chi connectivity index (χ0v) is 12.4. The maximum Gasteiger partial charge on any atom is 0.164 e. The lowest BCUT2D eigenvalue weighted by Gasteiger charge is -2.10. The normalized spacial score (nSPS) is 11.1. The maximum atomic E-state index is 6.00. The van der Waals surface area contributed by atoms with Gasteiger partial charge in [-0.3, -0.25) is 4.40 Å². The Labute approximate surface area is 131 Å². The van der Waals surface area contributed by atoms with Gasteiger partial charge in [0.1, 0.15) is 18.7 Å². The number of ether oxygens (including phenoxy) is 1. The van der Waals surface area contributed by atoms with Crippen LogP contribution in [0.4, 0.5) is 0 Å². The summed E-state index contributed by atoms with van der Waals surface area (Å²) in [5.74, 6) is 0.797. The van der Waals surface area contributed by atoms with Crippen molar-refractivity contribution in [2.24, 2.45) is 0 Å². The highest BCUT2D eigenvalue weighted by Gasteiger charge is 2.08. The second-order valence-corrected chi connectivity index (χ2v) is 5.44. The molecule has 0 aliphatic rings. The summed E-state index contributed by atoms with van der Waals surface area (Å²) in [6, 6.07) is 17.6. The van der Waals surface area contributed by atoms with Crippen LogP contribution in [0.25, 0.3) is 16.6 Å². The van der Waals surface area contributed by atoms with Crippen molar-refractivity contribution in [3.63, 3.8) is 0 Å². The predicted octanol–water partition coefficient (Wildman–Crippen LogP) is 4.11. The Morgan fingerprint density at radius 2 is 1.86 bits per heavy atom. The Kier molecular flexibility index (Phi) is 3.16. The molecule has 108 valence electrons. The van der Waals surface area contributed by atoms with Crippen LogP contribution in [-0.4, -0.2) is 14.6 Å². The van der Waals surface area contributed by atoms with Gasteiger partial charge in [0.25, 0.3) is 0 Å². The Morgan fingerprint density at radius 1 is 1.05 bits per heavy atom. The molecule has 2 aromatic heterocycles. The molecule has 5 heteroatoms. The van der Waals surface area contributed by atoms with E-state index in [-0.39, 0.29) is 0 Å². The zero-order chi connectivity index (χ0) is 14.9. The minimum Gasteiger partial charge on any atom is -0.488 e. The summed E-state index contributed by atoms with van der Waals surface area (Å²) in [5.41, 5.74) is 2.86. The number of pyridine rings is 1. The SMILES string of the molecule is Clc1ccc(COc2cc3nncn3c3ccccc23)cc1. The summed E-state index contributed by atoms with van der Waals surface area (Å²) in [7, 11) is 0. The average Bonchev–Trinajstić information content (AvgIpc) is 3.03. The summed E-state index contributed by atoms with van der Waals surface area (Å²) in [6.07, 6.45) is 1.71. The van der Waals surface area contributed by atoms with Crippen LogP contribution in [0.2, 0.25) is 5.02 Å². The average molecular weight is 310 g/mol. The van der Waals surface area contributed by atoms with Gasteiger partial charge < -0.3 is 4.74 Å². The molecule has 0 amide bonds. The Bertz CT molecular complexity index is 947. The molecule has 4 aromatic rings. The van der Waals surface area contributed by atoms with Gasteiger partial charge in [0.2, 0.25) is 0 Å². The van der Waals surface area contributed by atoms with Crippen LogP contribution in [0, 0.1) is 0 Å². The summed E-state index contributed by atoms with van der Waals surface area (Å²) in [4.78, 5) is 0. The van der Waals surface area contributed by atoms with E-state index in [1.54, 1.807) is 6.33 Å². The molecule has 0 aliphatic heterocycles. The molecule has 0 saturated carbocycles. The number of nitrogens with zero attached hydrogens (tertiary/aromatic N) is 3. The molecule has 0 unspecified atom stereocenters. The van der Waals surface area contributed by atoms with Crippen molar-refractivity contribution < 1.29 is 4.74 Å². The highest BCUT2D eigenvalue weighted by atomic mass is 35.5. The van der Waals surface area contributed by atoms with E-state index in [9.17, 15) is 0 Å². The lowest BCUT2D eigenvalue weighted by molar-refractivity contribution is 0.310. The molecule has 4 nitrogen and oxygen atoms in total. The van der Waals surface area contributed by atoms with E-state index in [2.05, 4.69) is 10.2 Å².